The van der Waals surface area contributed by atoms with Gasteiger partial charge in [0.1, 0.15) is 11.1 Å². The third kappa shape index (κ3) is 1.24. The summed E-state index contributed by atoms with van der Waals surface area (Å²) in [5.74, 6) is -1.23. The smallest absolute Gasteiger partial charge is 0.341 e. The van der Waals surface area contributed by atoms with Crippen molar-refractivity contribution >= 4 is 27.4 Å². The zero-order chi connectivity index (χ0) is 10.3. The van der Waals surface area contributed by atoms with Crippen LogP contribution in [0.25, 0.3) is 5.52 Å². The summed E-state index contributed by atoms with van der Waals surface area (Å²) >= 11 is 3.19. The number of nitrogens with zero attached hydrogens (tertiary/aromatic N) is 1. The normalized spacial score (nSPS) is 10.6. The van der Waals surface area contributed by atoms with Crippen LogP contribution in [0, 0.1) is 0 Å². The maximum Gasteiger partial charge on any atom is 0.341 e. The second-order valence-corrected chi connectivity index (χ2v) is 3.65. The first-order chi connectivity index (χ1) is 6.59. The highest BCUT2D eigenvalue weighted by molar-refractivity contribution is 9.10. The fourth-order valence-electron chi connectivity index (χ4n) is 1.21. The van der Waals surface area contributed by atoms with E-state index in [2.05, 4.69) is 21.0 Å². The number of fused-ring (bicyclic) bond motifs is 1. The highest BCUT2D eigenvalue weighted by atomic mass is 79.9. The number of carboxylic acid groups (broad SMARTS) is 1. The maximum atomic E-state index is 11.5. The van der Waals surface area contributed by atoms with E-state index in [4.69, 9.17) is 5.11 Å². The number of aromatic amines is 1. The van der Waals surface area contributed by atoms with Gasteiger partial charge >= 0.3 is 5.97 Å². The predicted molar refractivity (Wildman–Crippen MR) is 52.7 cm³/mol. The molecule has 0 aliphatic carbocycles. The lowest BCUT2D eigenvalue weighted by atomic mass is 10.3. The second kappa shape index (κ2) is 2.98. The molecule has 2 aromatic rings. The molecule has 0 aliphatic heterocycles. The molecule has 0 aromatic carbocycles. The van der Waals surface area contributed by atoms with Crippen molar-refractivity contribution in [3.63, 3.8) is 0 Å². The van der Waals surface area contributed by atoms with Crippen molar-refractivity contribution in [1.29, 1.82) is 0 Å². The van der Waals surface area contributed by atoms with Gasteiger partial charge in [0.25, 0.3) is 0 Å². The number of rotatable bonds is 1. The molecule has 0 bridgehead atoms. The topological polar surface area (TPSA) is 74.6 Å². The van der Waals surface area contributed by atoms with Crippen LogP contribution >= 0.6 is 15.9 Å². The molecular weight excluding hydrogens is 252 g/mol. The molecule has 2 heterocycles. The van der Waals surface area contributed by atoms with Gasteiger partial charge in [-0.25, -0.2) is 4.79 Å². The lowest BCUT2D eigenvalue weighted by Crippen LogP contribution is -2.17. The van der Waals surface area contributed by atoms with Crippen molar-refractivity contribution in [2.75, 3.05) is 0 Å². The third-order valence-electron chi connectivity index (χ3n) is 1.84. The van der Waals surface area contributed by atoms with Crippen molar-refractivity contribution < 1.29 is 9.90 Å². The van der Waals surface area contributed by atoms with Crippen LogP contribution in [0.3, 0.4) is 0 Å². The molecule has 0 unspecified atom stereocenters. The molecule has 0 spiro atoms. The lowest BCUT2D eigenvalue weighted by molar-refractivity contribution is 0.0695. The number of halogens is 1. The van der Waals surface area contributed by atoms with Gasteiger partial charge in [-0.15, -0.1) is 0 Å². The standard InChI is InChI=1S/C8H5BrN2O3/c9-4-1-6-7(12)5(8(13)14)2-10-11(6)3-4/h1-3,10H,(H,13,14). The van der Waals surface area contributed by atoms with E-state index in [-0.39, 0.29) is 5.56 Å². The van der Waals surface area contributed by atoms with Crippen LogP contribution in [0.4, 0.5) is 0 Å². The number of carbonyl (C=O) groups is 1. The summed E-state index contributed by atoms with van der Waals surface area (Å²) in [6.45, 7) is 0. The van der Waals surface area contributed by atoms with E-state index < -0.39 is 11.4 Å². The van der Waals surface area contributed by atoms with Crippen molar-refractivity contribution in [3.05, 3.63) is 38.7 Å². The van der Waals surface area contributed by atoms with Crippen molar-refractivity contribution in [2.45, 2.75) is 0 Å². The Bertz CT molecular complexity index is 569. The summed E-state index contributed by atoms with van der Waals surface area (Å²) in [5, 5.41) is 11.4. The monoisotopic (exact) mass is 256 g/mol. The number of nitrogens with one attached hydrogen (secondary N) is 1. The van der Waals surface area contributed by atoms with E-state index in [9.17, 15) is 9.59 Å². The molecule has 0 aliphatic rings. The molecule has 0 radical (unpaired) electrons. The summed E-state index contributed by atoms with van der Waals surface area (Å²) in [6, 6.07) is 1.56. The SMILES string of the molecule is O=C(O)c1c[nH]n2cc(Br)cc2c1=O. The minimum atomic E-state index is -1.23. The van der Waals surface area contributed by atoms with E-state index in [1.807, 2.05) is 0 Å². The first-order valence-electron chi connectivity index (χ1n) is 3.72. The average Bonchev–Trinajstić information content (AvgIpc) is 2.46. The quantitative estimate of drug-likeness (QED) is 0.802. The van der Waals surface area contributed by atoms with Gasteiger partial charge in [-0.1, -0.05) is 0 Å². The molecule has 0 fully saturated rings. The fraction of sp³-hybridized carbons (Fsp3) is 0. The summed E-state index contributed by atoms with van der Waals surface area (Å²) in [4.78, 5) is 22.2. The lowest BCUT2D eigenvalue weighted by Gasteiger charge is -1.96. The first-order valence-corrected chi connectivity index (χ1v) is 4.51. The summed E-state index contributed by atoms with van der Waals surface area (Å²) in [5.41, 5.74) is -0.457. The molecule has 0 saturated carbocycles. The maximum absolute atomic E-state index is 11.5. The number of hydrogen-bond donors (Lipinski definition) is 2. The van der Waals surface area contributed by atoms with Gasteiger partial charge in [-0.05, 0) is 22.0 Å². The van der Waals surface area contributed by atoms with Crippen molar-refractivity contribution in [1.82, 2.24) is 9.61 Å². The Morgan fingerprint density at radius 3 is 2.93 bits per heavy atom. The van der Waals surface area contributed by atoms with Crippen LogP contribution in [-0.2, 0) is 0 Å². The Hall–Kier alpha value is -1.56. The van der Waals surface area contributed by atoms with E-state index in [0.717, 1.165) is 0 Å². The molecule has 0 atom stereocenters. The molecule has 0 saturated heterocycles. The zero-order valence-corrected chi connectivity index (χ0v) is 8.41. The molecule has 14 heavy (non-hydrogen) atoms. The summed E-state index contributed by atoms with van der Waals surface area (Å²) in [6.07, 6.45) is 2.81. The minimum Gasteiger partial charge on any atom is -0.477 e. The molecule has 2 rings (SSSR count). The Kier molecular flexibility index (Phi) is 1.92. The van der Waals surface area contributed by atoms with E-state index in [1.165, 1.54) is 10.7 Å². The van der Waals surface area contributed by atoms with E-state index >= 15 is 0 Å². The Morgan fingerprint density at radius 1 is 1.57 bits per heavy atom. The van der Waals surface area contributed by atoms with Crippen LogP contribution in [-0.4, -0.2) is 20.7 Å². The molecule has 2 aromatic heterocycles. The van der Waals surface area contributed by atoms with Crippen LogP contribution in [0.5, 0.6) is 0 Å². The highest BCUT2D eigenvalue weighted by Gasteiger charge is 2.11. The molecule has 5 nitrogen and oxygen atoms in total. The Labute approximate surface area is 86.1 Å². The second-order valence-electron chi connectivity index (χ2n) is 2.73. The van der Waals surface area contributed by atoms with Crippen LogP contribution in [0.15, 0.2) is 27.7 Å². The van der Waals surface area contributed by atoms with E-state index in [1.54, 1.807) is 12.3 Å². The van der Waals surface area contributed by atoms with Gasteiger partial charge in [0.15, 0.2) is 0 Å². The minimum absolute atomic E-state index is 0.261. The molecule has 6 heteroatoms. The number of aromatic carboxylic acids is 1. The Balaban J connectivity index is 2.88. The molecule has 0 amide bonds. The fourth-order valence-corrected chi connectivity index (χ4v) is 1.63. The van der Waals surface area contributed by atoms with Gasteiger partial charge in [0, 0.05) is 16.9 Å². The molecule has 2 N–H and O–H groups in total. The van der Waals surface area contributed by atoms with Gasteiger partial charge in [0.2, 0.25) is 5.43 Å². The number of carboxylic acids is 1. The van der Waals surface area contributed by atoms with Crippen molar-refractivity contribution in [2.24, 2.45) is 0 Å². The largest absolute Gasteiger partial charge is 0.477 e. The molecular formula is C8H5BrN2O3. The number of hydrogen-bond acceptors (Lipinski definition) is 2. The van der Waals surface area contributed by atoms with Gasteiger partial charge < -0.3 is 10.2 Å². The number of aromatic nitrogens is 2. The number of H-pyrrole nitrogens is 1. The molecule has 72 valence electrons. The van der Waals surface area contributed by atoms with Crippen LogP contribution < -0.4 is 5.43 Å². The van der Waals surface area contributed by atoms with Crippen molar-refractivity contribution in [3.8, 4) is 0 Å². The van der Waals surface area contributed by atoms with Crippen LogP contribution in [0.1, 0.15) is 10.4 Å². The Morgan fingerprint density at radius 2 is 2.29 bits per heavy atom. The van der Waals surface area contributed by atoms with Crippen LogP contribution in [0.2, 0.25) is 0 Å². The average molecular weight is 257 g/mol. The highest BCUT2D eigenvalue weighted by Crippen LogP contribution is 2.11. The summed E-state index contributed by atoms with van der Waals surface area (Å²) in [7, 11) is 0. The zero-order valence-electron chi connectivity index (χ0n) is 6.82. The first kappa shape index (κ1) is 9.01. The van der Waals surface area contributed by atoms with Gasteiger partial charge in [-0.3, -0.25) is 9.31 Å². The van der Waals surface area contributed by atoms with E-state index in [0.29, 0.717) is 9.99 Å². The third-order valence-corrected chi connectivity index (χ3v) is 2.28. The van der Waals surface area contributed by atoms with Gasteiger partial charge in [0.05, 0.1) is 0 Å². The predicted octanol–water partition coefficient (Wildman–Crippen LogP) is 1.09. The van der Waals surface area contributed by atoms with Gasteiger partial charge in [-0.2, -0.15) is 0 Å². The summed E-state index contributed by atoms with van der Waals surface area (Å²) < 4.78 is 2.17.